The molecule has 1 fully saturated rings. The van der Waals surface area contributed by atoms with Gasteiger partial charge in [0, 0.05) is 39.1 Å². The summed E-state index contributed by atoms with van der Waals surface area (Å²) in [7, 11) is 0. The third-order valence-corrected chi connectivity index (χ3v) is 3.44. The molecule has 0 radical (unpaired) electrons. The zero-order valence-corrected chi connectivity index (χ0v) is 15.4. The van der Waals surface area contributed by atoms with Gasteiger partial charge in [0.2, 0.25) is 5.91 Å². The van der Waals surface area contributed by atoms with Crippen molar-refractivity contribution in [2.75, 3.05) is 39.3 Å². The molecule has 0 aliphatic carbocycles. The van der Waals surface area contributed by atoms with Gasteiger partial charge in [0.25, 0.3) is 0 Å². The largest absolute Gasteiger partial charge is 0.357 e. The highest BCUT2D eigenvalue weighted by Gasteiger charge is 2.15. The predicted octanol–water partition coefficient (Wildman–Crippen LogP) is 1.92. The Hall–Kier alpha value is -0.530. The molecule has 6 heteroatoms. The first-order valence-corrected chi connectivity index (χ1v) is 7.53. The number of aliphatic imine (C=N–C) groups is 1. The maximum atomic E-state index is 11.9. The fraction of sp³-hybridized carbons (Fsp3) is 0.857. The molecule has 0 aromatic heterocycles. The highest BCUT2D eigenvalue weighted by Crippen LogP contribution is 2.07. The standard InChI is InChI=1S/C14H28N4O.HI/c1-4-15-14(18-11-7-8-12-18)16-10-9-13(19)17(5-2)6-3;/h4-12H2,1-3H3,(H,15,16);1H. The predicted molar refractivity (Wildman–Crippen MR) is 94.7 cm³/mol. The molecule has 0 saturated carbocycles. The molecule has 0 aromatic carbocycles. The number of amides is 1. The first-order chi connectivity index (χ1) is 9.22. The van der Waals surface area contributed by atoms with Gasteiger partial charge in [-0.3, -0.25) is 9.79 Å². The zero-order chi connectivity index (χ0) is 14.1. The van der Waals surface area contributed by atoms with Gasteiger partial charge in [0.05, 0.1) is 6.54 Å². The van der Waals surface area contributed by atoms with Gasteiger partial charge in [-0.05, 0) is 33.6 Å². The van der Waals surface area contributed by atoms with Crippen LogP contribution in [0.15, 0.2) is 4.99 Å². The summed E-state index contributed by atoms with van der Waals surface area (Å²) in [6.07, 6.45) is 2.98. The third kappa shape index (κ3) is 6.28. The molecule has 0 aromatic rings. The van der Waals surface area contributed by atoms with E-state index in [0.717, 1.165) is 38.7 Å². The fourth-order valence-corrected chi connectivity index (χ4v) is 2.35. The second-order valence-corrected chi connectivity index (χ2v) is 4.75. The van der Waals surface area contributed by atoms with Crippen LogP contribution in [0.5, 0.6) is 0 Å². The first-order valence-electron chi connectivity index (χ1n) is 7.53. The Kier molecular flexibility index (Phi) is 10.9. The molecule has 0 spiro atoms. The van der Waals surface area contributed by atoms with E-state index in [2.05, 4.69) is 22.1 Å². The van der Waals surface area contributed by atoms with E-state index in [1.807, 2.05) is 18.7 Å². The highest BCUT2D eigenvalue weighted by molar-refractivity contribution is 14.0. The van der Waals surface area contributed by atoms with Crippen molar-refractivity contribution in [3.8, 4) is 0 Å². The van der Waals surface area contributed by atoms with Gasteiger partial charge in [0.15, 0.2) is 5.96 Å². The Morgan fingerprint density at radius 2 is 1.80 bits per heavy atom. The van der Waals surface area contributed by atoms with Gasteiger partial charge >= 0.3 is 0 Å². The minimum Gasteiger partial charge on any atom is -0.357 e. The molecule has 1 aliphatic heterocycles. The van der Waals surface area contributed by atoms with Crippen LogP contribution in [0.3, 0.4) is 0 Å². The SMILES string of the molecule is CCNC(=NCCC(=O)N(CC)CC)N1CCCC1.I. The lowest BCUT2D eigenvalue weighted by molar-refractivity contribution is -0.130. The number of guanidine groups is 1. The molecule has 20 heavy (non-hydrogen) atoms. The lowest BCUT2D eigenvalue weighted by atomic mass is 10.3. The summed E-state index contributed by atoms with van der Waals surface area (Å²) in [5.74, 6) is 1.17. The van der Waals surface area contributed by atoms with Crippen molar-refractivity contribution in [1.82, 2.24) is 15.1 Å². The summed E-state index contributed by atoms with van der Waals surface area (Å²) in [5, 5.41) is 3.31. The van der Waals surface area contributed by atoms with E-state index < -0.39 is 0 Å². The summed E-state index contributed by atoms with van der Waals surface area (Å²) < 4.78 is 0. The number of hydrogen-bond donors (Lipinski definition) is 1. The average Bonchev–Trinajstić information content (AvgIpc) is 2.93. The van der Waals surface area contributed by atoms with Crippen LogP contribution in [-0.2, 0) is 4.79 Å². The lowest BCUT2D eigenvalue weighted by Gasteiger charge is -2.21. The van der Waals surface area contributed by atoms with Gasteiger partial charge in [-0.1, -0.05) is 0 Å². The quantitative estimate of drug-likeness (QED) is 0.424. The lowest BCUT2D eigenvalue weighted by Crippen LogP contribution is -2.40. The molecular formula is C14H29IN4O. The van der Waals surface area contributed by atoms with Crippen molar-refractivity contribution < 1.29 is 4.79 Å². The minimum atomic E-state index is 0. The summed E-state index contributed by atoms with van der Waals surface area (Å²) in [4.78, 5) is 20.6. The van der Waals surface area contributed by atoms with Crippen LogP contribution in [0.4, 0.5) is 0 Å². The molecule has 1 rings (SSSR count). The Morgan fingerprint density at radius 1 is 1.20 bits per heavy atom. The van der Waals surface area contributed by atoms with Crippen molar-refractivity contribution in [2.24, 2.45) is 4.99 Å². The van der Waals surface area contributed by atoms with Crippen LogP contribution >= 0.6 is 24.0 Å². The van der Waals surface area contributed by atoms with Crippen LogP contribution in [-0.4, -0.2) is 60.9 Å². The molecule has 1 saturated heterocycles. The maximum absolute atomic E-state index is 11.9. The number of rotatable bonds is 6. The van der Waals surface area contributed by atoms with E-state index >= 15 is 0 Å². The van der Waals surface area contributed by atoms with E-state index in [4.69, 9.17) is 0 Å². The number of nitrogens with zero attached hydrogens (tertiary/aromatic N) is 3. The van der Waals surface area contributed by atoms with Crippen molar-refractivity contribution in [2.45, 2.75) is 40.0 Å². The summed E-state index contributed by atoms with van der Waals surface area (Å²) in [6.45, 7) is 11.3. The molecule has 0 unspecified atom stereocenters. The van der Waals surface area contributed by atoms with E-state index in [0.29, 0.717) is 13.0 Å². The number of likely N-dealkylation sites (tertiary alicyclic amines) is 1. The van der Waals surface area contributed by atoms with Crippen LogP contribution in [0, 0.1) is 0 Å². The zero-order valence-electron chi connectivity index (χ0n) is 13.0. The third-order valence-electron chi connectivity index (χ3n) is 3.44. The molecule has 1 N–H and O–H groups in total. The topological polar surface area (TPSA) is 47.9 Å². The van der Waals surface area contributed by atoms with Crippen LogP contribution in [0.2, 0.25) is 0 Å². The molecule has 0 atom stereocenters. The fourth-order valence-electron chi connectivity index (χ4n) is 2.35. The molecule has 1 amide bonds. The van der Waals surface area contributed by atoms with E-state index in [1.165, 1.54) is 12.8 Å². The smallest absolute Gasteiger partial charge is 0.224 e. The van der Waals surface area contributed by atoms with Gasteiger partial charge in [-0.2, -0.15) is 0 Å². The van der Waals surface area contributed by atoms with Gasteiger partial charge < -0.3 is 15.1 Å². The highest BCUT2D eigenvalue weighted by atomic mass is 127. The second kappa shape index (κ2) is 11.2. The van der Waals surface area contributed by atoms with Gasteiger partial charge in [-0.25, -0.2) is 0 Å². The number of carbonyl (C=O) groups is 1. The van der Waals surface area contributed by atoms with Gasteiger partial charge in [0.1, 0.15) is 0 Å². The van der Waals surface area contributed by atoms with E-state index in [-0.39, 0.29) is 29.9 Å². The van der Waals surface area contributed by atoms with Crippen molar-refractivity contribution >= 4 is 35.8 Å². The average molecular weight is 396 g/mol. The van der Waals surface area contributed by atoms with Crippen molar-refractivity contribution in [1.29, 1.82) is 0 Å². The number of hydrogen-bond acceptors (Lipinski definition) is 2. The van der Waals surface area contributed by atoms with Gasteiger partial charge in [-0.15, -0.1) is 24.0 Å². The minimum absolute atomic E-state index is 0. The van der Waals surface area contributed by atoms with Crippen molar-refractivity contribution in [3.05, 3.63) is 0 Å². The molecule has 118 valence electrons. The van der Waals surface area contributed by atoms with Crippen LogP contribution in [0.1, 0.15) is 40.0 Å². The van der Waals surface area contributed by atoms with Crippen molar-refractivity contribution in [3.63, 3.8) is 0 Å². The molecular weight excluding hydrogens is 367 g/mol. The Balaban J connectivity index is 0.00000361. The number of halogens is 1. The molecule has 1 heterocycles. The monoisotopic (exact) mass is 396 g/mol. The Morgan fingerprint density at radius 3 is 2.30 bits per heavy atom. The number of nitrogens with one attached hydrogen (secondary N) is 1. The second-order valence-electron chi connectivity index (χ2n) is 4.75. The Labute approximate surface area is 140 Å². The summed E-state index contributed by atoms with van der Waals surface area (Å²) >= 11 is 0. The van der Waals surface area contributed by atoms with E-state index in [1.54, 1.807) is 0 Å². The molecule has 1 aliphatic rings. The molecule has 0 bridgehead atoms. The first kappa shape index (κ1) is 19.5. The summed E-state index contributed by atoms with van der Waals surface area (Å²) in [5.41, 5.74) is 0. The van der Waals surface area contributed by atoms with Crippen LogP contribution in [0.25, 0.3) is 0 Å². The van der Waals surface area contributed by atoms with E-state index in [9.17, 15) is 4.79 Å². The summed E-state index contributed by atoms with van der Waals surface area (Å²) in [6, 6.07) is 0. The maximum Gasteiger partial charge on any atom is 0.224 e. The number of carbonyl (C=O) groups excluding carboxylic acids is 1. The van der Waals surface area contributed by atoms with Crippen LogP contribution < -0.4 is 5.32 Å². The normalized spacial score (nSPS) is 14.9. The Bertz CT molecular complexity index is 300. The molecule has 5 nitrogen and oxygen atoms in total.